The number of rotatable bonds is 60. The minimum atomic E-state index is -0.783. The normalized spacial score (nSPS) is 12.5. The average molecular weight is 1060 g/mol. The van der Waals surface area contributed by atoms with Gasteiger partial charge in [-0.1, -0.05) is 299 Å². The topological polar surface area (TPSA) is 78.9 Å². The Kier molecular flexibility index (Phi) is 61.7. The molecule has 0 heterocycles. The fraction of sp³-hybridized carbons (Fsp3) is 0.786. The van der Waals surface area contributed by atoms with E-state index in [4.69, 9.17) is 14.2 Å². The minimum Gasteiger partial charge on any atom is -0.462 e. The van der Waals surface area contributed by atoms with Crippen LogP contribution in [0.15, 0.2) is 72.9 Å². The second-order valence-electron chi connectivity index (χ2n) is 22.0. The molecule has 0 aliphatic heterocycles. The van der Waals surface area contributed by atoms with Crippen molar-refractivity contribution in [3.8, 4) is 0 Å². The van der Waals surface area contributed by atoms with Crippen LogP contribution in [-0.2, 0) is 28.6 Å². The number of carbonyl (C=O) groups is 3. The lowest BCUT2D eigenvalue weighted by molar-refractivity contribution is -0.167. The monoisotopic (exact) mass is 1060 g/mol. The van der Waals surface area contributed by atoms with E-state index in [9.17, 15) is 14.4 Å². The summed E-state index contributed by atoms with van der Waals surface area (Å²) in [6.45, 7) is 6.55. The molecule has 0 saturated carbocycles. The summed E-state index contributed by atoms with van der Waals surface area (Å²) < 4.78 is 17.0. The summed E-state index contributed by atoms with van der Waals surface area (Å²) in [6, 6.07) is 0. The molecular weight excluding hydrogens is 937 g/mol. The van der Waals surface area contributed by atoms with Crippen molar-refractivity contribution in [3.05, 3.63) is 72.9 Å². The maximum Gasteiger partial charge on any atom is 0.306 e. The van der Waals surface area contributed by atoms with E-state index in [1.165, 1.54) is 193 Å². The lowest BCUT2D eigenvalue weighted by Gasteiger charge is -2.18. The third-order valence-electron chi connectivity index (χ3n) is 14.4. The number of hydrogen-bond acceptors (Lipinski definition) is 6. The van der Waals surface area contributed by atoms with Gasteiger partial charge in [0.05, 0.1) is 0 Å². The quantitative estimate of drug-likeness (QED) is 0.0261. The largest absolute Gasteiger partial charge is 0.462 e. The van der Waals surface area contributed by atoms with E-state index < -0.39 is 6.10 Å². The van der Waals surface area contributed by atoms with Gasteiger partial charge in [0.15, 0.2) is 6.10 Å². The Hall–Kier alpha value is -3.15. The van der Waals surface area contributed by atoms with E-state index in [1.54, 1.807) is 0 Å². The van der Waals surface area contributed by atoms with E-state index in [1.807, 2.05) is 0 Å². The third-order valence-corrected chi connectivity index (χ3v) is 14.4. The second-order valence-corrected chi connectivity index (χ2v) is 22.0. The van der Waals surface area contributed by atoms with Gasteiger partial charge in [0.1, 0.15) is 13.2 Å². The maximum atomic E-state index is 12.9. The molecule has 0 aromatic heterocycles. The molecule has 76 heavy (non-hydrogen) atoms. The number of hydrogen-bond donors (Lipinski definition) is 0. The lowest BCUT2D eigenvalue weighted by atomic mass is 10.0. The molecule has 6 nitrogen and oxygen atoms in total. The summed E-state index contributed by atoms with van der Waals surface area (Å²) in [5.74, 6) is -0.880. The zero-order valence-corrected chi connectivity index (χ0v) is 50.5. The molecule has 0 aliphatic carbocycles. The Balaban J connectivity index is 4.36. The number of allylic oxidation sites excluding steroid dienone is 12. The van der Waals surface area contributed by atoms with Gasteiger partial charge in [-0.25, -0.2) is 0 Å². The zero-order chi connectivity index (χ0) is 55.0. The average Bonchev–Trinajstić information content (AvgIpc) is 3.42. The fourth-order valence-corrected chi connectivity index (χ4v) is 9.53. The van der Waals surface area contributed by atoms with Gasteiger partial charge >= 0.3 is 17.9 Å². The molecular formula is C70H124O6. The molecule has 0 aliphatic rings. The van der Waals surface area contributed by atoms with Crippen molar-refractivity contribution in [2.75, 3.05) is 13.2 Å². The van der Waals surface area contributed by atoms with Crippen LogP contribution >= 0.6 is 0 Å². The molecule has 0 N–H and O–H groups in total. The summed E-state index contributed by atoms with van der Waals surface area (Å²) in [4.78, 5) is 38.4. The first-order chi connectivity index (χ1) is 37.5. The van der Waals surface area contributed by atoms with E-state index in [0.717, 1.165) is 103 Å². The van der Waals surface area contributed by atoms with Crippen molar-refractivity contribution in [2.45, 2.75) is 341 Å². The molecule has 0 fully saturated rings. The lowest BCUT2D eigenvalue weighted by Crippen LogP contribution is -2.30. The van der Waals surface area contributed by atoms with E-state index in [2.05, 4.69) is 93.7 Å². The van der Waals surface area contributed by atoms with Crippen LogP contribution < -0.4 is 0 Å². The summed E-state index contributed by atoms with van der Waals surface area (Å²) in [7, 11) is 0. The van der Waals surface area contributed by atoms with Crippen LogP contribution in [0.3, 0.4) is 0 Å². The van der Waals surface area contributed by atoms with Gasteiger partial charge in [-0.15, -0.1) is 0 Å². The van der Waals surface area contributed by atoms with Gasteiger partial charge in [0.25, 0.3) is 0 Å². The predicted molar refractivity (Wildman–Crippen MR) is 330 cm³/mol. The zero-order valence-electron chi connectivity index (χ0n) is 50.5. The number of ether oxygens (including phenoxy) is 3. The summed E-state index contributed by atoms with van der Waals surface area (Å²) in [6.07, 6.45) is 83.3. The summed E-state index contributed by atoms with van der Waals surface area (Å²) in [5.41, 5.74) is 0. The molecule has 1 atom stereocenters. The SMILES string of the molecule is CC/C=C\C/C=C\C/C=C\C/C=C\C/C=C\CCCCCCCCCC(=O)OCC(COC(=O)CCCCCCC/C=C\CCCCCCCC)OC(=O)CCCCCCCCCCCCCCCCCCCCCC. The van der Waals surface area contributed by atoms with E-state index >= 15 is 0 Å². The Bertz CT molecular complexity index is 1400. The van der Waals surface area contributed by atoms with Crippen LogP contribution in [0, 0.1) is 0 Å². The number of esters is 3. The molecule has 0 aromatic carbocycles. The van der Waals surface area contributed by atoms with Crippen molar-refractivity contribution < 1.29 is 28.6 Å². The fourth-order valence-electron chi connectivity index (χ4n) is 9.53. The highest BCUT2D eigenvalue weighted by Crippen LogP contribution is 2.17. The highest BCUT2D eigenvalue weighted by molar-refractivity contribution is 5.71. The Morgan fingerprint density at radius 1 is 0.276 bits per heavy atom. The maximum absolute atomic E-state index is 12.9. The van der Waals surface area contributed by atoms with Crippen LogP contribution in [0.2, 0.25) is 0 Å². The molecule has 0 bridgehead atoms. The van der Waals surface area contributed by atoms with Crippen molar-refractivity contribution in [2.24, 2.45) is 0 Å². The van der Waals surface area contributed by atoms with Crippen molar-refractivity contribution in [1.82, 2.24) is 0 Å². The van der Waals surface area contributed by atoms with Crippen molar-refractivity contribution >= 4 is 17.9 Å². The van der Waals surface area contributed by atoms with Crippen molar-refractivity contribution in [1.29, 1.82) is 0 Å². The number of unbranched alkanes of at least 4 members (excludes halogenated alkanes) is 37. The molecule has 0 rings (SSSR count). The van der Waals surface area contributed by atoms with Gasteiger partial charge in [-0.2, -0.15) is 0 Å². The Labute approximate surface area is 472 Å². The standard InChI is InChI=1S/C70H124O6/c1-4-7-10-13-16-19-22-25-28-30-32-34-35-36-38-39-42-45-48-51-54-57-60-63-69(72)75-66-67(65-74-68(71)62-59-56-53-50-47-44-41-27-24-21-18-15-12-9-6-3)76-70(73)64-61-58-55-52-49-46-43-40-37-33-31-29-26-23-20-17-14-11-8-5-2/h7,10,16,19,25,27-28,32,34,36,38,41,67H,4-6,8-9,11-15,17-18,20-24,26,29-31,33,35,37,39-40,42-66H2,1-3H3/b10-7-,19-16-,28-25-,34-32-,38-36-,41-27-. The molecule has 1 unspecified atom stereocenters. The van der Waals surface area contributed by atoms with Gasteiger partial charge in [0, 0.05) is 19.3 Å². The van der Waals surface area contributed by atoms with E-state index in [-0.39, 0.29) is 31.1 Å². The first kappa shape index (κ1) is 72.8. The highest BCUT2D eigenvalue weighted by atomic mass is 16.6. The first-order valence-electron chi connectivity index (χ1n) is 32.9. The minimum absolute atomic E-state index is 0.0801. The van der Waals surface area contributed by atoms with Crippen LogP contribution in [0.5, 0.6) is 0 Å². The predicted octanol–water partition coefficient (Wildman–Crippen LogP) is 22.5. The first-order valence-corrected chi connectivity index (χ1v) is 32.9. The van der Waals surface area contributed by atoms with Gasteiger partial charge in [-0.05, 0) is 89.9 Å². The van der Waals surface area contributed by atoms with Gasteiger partial charge < -0.3 is 14.2 Å². The molecule has 0 spiro atoms. The Morgan fingerprint density at radius 3 is 0.816 bits per heavy atom. The van der Waals surface area contributed by atoms with E-state index in [0.29, 0.717) is 19.3 Å². The molecule has 0 aromatic rings. The highest BCUT2D eigenvalue weighted by Gasteiger charge is 2.19. The van der Waals surface area contributed by atoms with Crippen LogP contribution in [0.25, 0.3) is 0 Å². The number of carbonyl (C=O) groups excluding carboxylic acids is 3. The molecule has 440 valence electrons. The summed E-state index contributed by atoms with van der Waals surface area (Å²) >= 11 is 0. The van der Waals surface area contributed by atoms with Crippen LogP contribution in [0.4, 0.5) is 0 Å². The van der Waals surface area contributed by atoms with Gasteiger partial charge in [0.2, 0.25) is 0 Å². The third kappa shape index (κ3) is 61.7. The van der Waals surface area contributed by atoms with Crippen LogP contribution in [0.1, 0.15) is 335 Å². The smallest absolute Gasteiger partial charge is 0.306 e. The molecule has 0 radical (unpaired) electrons. The molecule has 0 saturated heterocycles. The van der Waals surface area contributed by atoms with Crippen molar-refractivity contribution in [3.63, 3.8) is 0 Å². The summed E-state index contributed by atoms with van der Waals surface area (Å²) in [5, 5.41) is 0. The van der Waals surface area contributed by atoms with Gasteiger partial charge in [-0.3, -0.25) is 14.4 Å². The Morgan fingerprint density at radius 2 is 0.513 bits per heavy atom. The van der Waals surface area contributed by atoms with Crippen LogP contribution in [-0.4, -0.2) is 37.2 Å². The molecule has 0 amide bonds. The second kappa shape index (κ2) is 64.4. The molecule has 6 heteroatoms.